The fourth-order valence-corrected chi connectivity index (χ4v) is 3.01. The fourth-order valence-electron chi connectivity index (χ4n) is 3.01. The van der Waals surface area contributed by atoms with E-state index in [-0.39, 0.29) is 0 Å². The van der Waals surface area contributed by atoms with Crippen molar-refractivity contribution >= 4 is 0 Å². The van der Waals surface area contributed by atoms with Crippen LogP contribution in [-0.2, 0) is 4.74 Å². The number of rotatable bonds is 4. The van der Waals surface area contributed by atoms with Gasteiger partial charge in [-0.15, -0.1) is 0 Å². The summed E-state index contributed by atoms with van der Waals surface area (Å²) >= 11 is 0. The lowest BCUT2D eigenvalue weighted by Crippen LogP contribution is -2.43. The van der Waals surface area contributed by atoms with E-state index in [1.807, 2.05) is 0 Å². The van der Waals surface area contributed by atoms with Gasteiger partial charge in [-0.2, -0.15) is 0 Å². The standard InChI is InChI=1S/C13H26N2O/c1-3-16-12-4-8-15(9-5-12)11-13(2)6-7-14-10-13/h12,14H,3-11H2,1-2H3. The van der Waals surface area contributed by atoms with Crippen molar-refractivity contribution in [1.29, 1.82) is 0 Å². The number of hydrogen-bond donors (Lipinski definition) is 1. The number of nitrogens with zero attached hydrogens (tertiary/aromatic N) is 1. The Kier molecular flexibility index (Phi) is 4.22. The SMILES string of the molecule is CCOC1CCN(CC2(C)CCNC2)CC1. The van der Waals surface area contributed by atoms with Gasteiger partial charge in [0.05, 0.1) is 6.10 Å². The van der Waals surface area contributed by atoms with Crippen molar-refractivity contribution < 1.29 is 4.74 Å². The summed E-state index contributed by atoms with van der Waals surface area (Å²) in [5.41, 5.74) is 0.512. The minimum Gasteiger partial charge on any atom is -0.378 e. The van der Waals surface area contributed by atoms with Gasteiger partial charge in [-0.3, -0.25) is 0 Å². The number of likely N-dealkylation sites (tertiary alicyclic amines) is 1. The number of hydrogen-bond acceptors (Lipinski definition) is 3. The highest BCUT2D eigenvalue weighted by molar-refractivity contribution is 4.88. The maximum atomic E-state index is 5.69. The third-order valence-electron chi connectivity index (χ3n) is 4.00. The molecule has 2 fully saturated rings. The van der Waals surface area contributed by atoms with E-state index in [1.165, 1.54) is 52.0 Å². The summed E-state index contributed by atoms with van der Waals surface area (Å²) in [6.45, 7) is 11.5. The lowest BCUT2D eigenvalue weighted by Gasteiger charge is -2.36. The summed E-state index contributed by atoms with van der Waals surface area (Å²) in [7, 11) is 0. The third-order valence-corrected chi connectivity index (χ3v) is 4.00. The first-order valence-electron chi connectivity index (χ1n) is 6.76. The second kappa shape index (κ2) is 5.48. The predicted molar refractivity (Wildman–Crippen MR) is 66.7 cm³/mol. The van der Waals surface area contributed by atoms with Crippen molar-refractivity contribution in [1.82, 2.24) is 10.2 Å². The second-order valence-electron chi connectivity index (χ2n) is 5.67. The zero-order chi connectivity index (χ0) is 11.4. The molecule has 0 bridgehead atoms. The van der Waals surface area contributed by atoms with Gasteiger partial charge in [0.15, 0.2) is 0 Å². The smallest absolute Gasteiger partial charge is 0.0599 e. The van der Waals surface area contributed by atoms with Crippen molar-refractivity contribution in [3.8, 4) is 0 Å². The molecule has 0 aromatic heterocycles. The molecule has 94 valence electrons. The average Bonchev–Trinajstić information content (AvgIpc) is 2.68. The average molecular weight is 226 g/mol. The van der Waals surface area contributed by atoms with Gasteiger partial charge < -0.3 is 15.0 Å². The van der Waals surface area contributed by atoms with Gasteiger partial charge in [-0.05, 0) is 38.1 Å². The van der Waals surface area contributed by atoms with Gasteiger partial charge in [0.2, 0.25) is 0 Å². The largest absolute Gasteiger partial charge is 0.378 e. The van der Waals surface area contributed by atoms with Crippen LogP contribution < -0.4 is 5.32 Å². The zero-order valence-corrected chi connectivity index (χ0v) is 10.8. The molecular formula is C13H26N2O. The monoisotopic (exact) mass is 226 g/mol. The molecule has 1 unspecified atom stereocenters. The Morgan fingerprint density at radius 3 is 2.69 bits per heavy atom. The van der Waals surface area contributed by atoms with Gasteiger partial charge in [0.25, 0.3) is 0 Å². The van der Waals surface area contributed by atoms with Crippen molar-refractivity contribution in [3.63, 3.8) is 0 Å². The van der Waals surface area contributed by atoms with E-state index in [9.17, 15) is 0 Å². The molecule has 1 atom stereocenters. The van der Waals surface area contributed by atoms with E-state index in [1.54, 1.807) is 0 Å². The Morgan fingerprint density at radius 2 is 2.12 bits per heavy atom. The molecule has 3 nitrogen and oxygen atoms in total. The van der Waals surface area contributed by atoms with Crippen LogP contribution in [0.3, 0.4) is 0 Å². The summed E-state index contributed by atoms with van der Waals surface area (Å²) < 4.78 is 5.69. The second-order valence-corrected chi connectivity index (χ2v) is 5.67. The quantitative estimate of drug-likeness (QED) is 0.786. The van der Waals surface area contributed by atoms with Crippen LogP contribution in [0.5, 0.6) is 0 Å². The Hall–Kier alpha value is -0.120. The summed E-state index contributed by atoms with van der Waals surface area (Å²) in [6.07, 6.45) is 4.29. The molecule has 2 saturated heterocycles. The minimum atomic E-state index is 0.512. The molecule has 0 radical (unpaired) electrons. The normalized spacial score (nSPS) is 33.4. The van der Waals surface area contributed by atoms with Crippen LogP contribution in [0, 0.1) is 5.41 Å². The molecule has 3 heteroatoms. The van der Waals surface area contributed by atoms with Crippen LogP contribution in [0.1, 0.15) is 33.1 Å². The molecule has 0 amide bonds. The molecule has 0 spiro atoms. The van der Waals surface area contributed by atoms with E-state index in [0.29, 0.717) is 11.5 Å². The van der Waals surface area contributed by atoms with Crippen molar-refractivity contribution in [2.24, 2.45) is 5.41 Å². The fraction of sp³-hybridized carbons (Fsp3) is 1.00. The first-order chi connectivity index (χ1) is 7.72. The topological polar surface area (TPSA) is 24.5 Å². The maximum Gasteiger partial charge on any atom is 0.0599 e. The molecule has 0 aliphatic carbocycles. The molecule has 0 aromatic carbocycles. The maximum absolute atomic E-state index is 5.69. The Labute approximate surface area is 99.5 Å². The predicted octanol–water partition coefficient (Wildman–Crippen LogP) is 1.49. The highest BCUT2D eigenvalue weighted by atomic mass is 16.5. The molecular weight excluding hydrogens is 200 g/mol. The van der Waals surface area contributed by atoms with Crippen LogP contribution in [0.4, 0.5) is 0 Å². The highest BCUT2D eigenvalue weighted by Gasteiger charge is 2.32. The van der Waals surface area contributed by atoms with E-state index in [0.717, 1.165) is 6.61 Å². The first kappa shape index (κ1) is 12.3. The van der Waals surface area contributed by atoms with Gasteiger partial charge >= 0.3 is 0 Å². The van der Waals surface area contributed by atoms with E-state index in [2.05, 4.69) is 24.1 Å². The zero-order valence-electron chi connectivity index (χ0n) is 10.8. The van der Waals surface area contributed by atoms with E-state index in [4.69, 9.17) is 4.74 Å². The summed E-state index contributed by atoms with van der Waals surface area (Å²) in [4.78, 5) is 2.63. The lowest BCUT2D eigenvalue weighted by molar-refractivity contribution is 0.00662. The molecule has 0 saturated carbocycles. The van der Waals surface area contributed by atoms with Crippen LogP contribution in [-0.4, -0.2) is 50.3 Å². The first-order valence-corrected chi connectivity index (χ1v) is 6.76. The Balaban J connectivity index is 1.72. The Bertz CT molecular complexity index is 206. The minimum absolute atomic E-state index is 0.512. The lowest BCUT2D eigenvalue weighted by atomic mass is 9.88. The molecule has 2 aliphatic rings. The number of nitrogens with one attached hydrogen (secondary N) is 1. The summed E-state index contributed by atoms with van der Waals surface area (Å²) in [5, 5.41) is 3.48. The number of ether oxygens (including phenoxy) is 1. The van der Waals surface area contributed by atoms with Gasteiger partial charge in [0.1, 0.15) is 0 Å². The van der Waals surface area contributed by atoms with Crippen LogP contribution in [0.15, 0.2) is 0 Å². The van der Waals surface area contributed by atoms with Crippen LogP contribution >= 0.6 is 0 Å². The Morgan fingerprint density at radius 1 is 1.38 bits per heavy atom. The molecule has 2 aliphatic heterocycles. The van der Waals surface area contributed by atoms with Crippen LogP contribution in [0.25, 0.3) is 0 Å². The number of piperidine rings is 1. The molecule has 2 heterocycles. The van der Waals surface area contributed by atoms with Gasteiger partial charge in [0, 0.05) is 32.8 Å². The summed E-state index contributed by atoms with van der Waals surface area (Å²) in [5.74, 6) is 0. The van der Waals surface area contributed by atoms with Crippen molar-refractivity contribution in [2.75, 3.05) is 39.3 Å². The van der Waals surface area contributed by atoms with Crippen molar-refractivity contribution in [3.05, 3.63) is 0 Å². The molecule has 1 N–H and O–H groups in total. The summed E-state index contributed by atoms with van der Waals surface area (Å²) in [6, 6.07) is 0. The van der Waals surface area contributed by atoms with E-state index < -0.39 is 0 Å². The van der Waals surface area contributed by atoms with Gasteiger partial charge in [-0.25, -0.2) is 0 Å². The highest BCUT2D eigenvalue weighted by Crippen LogP contribution is 2.27. The third kappa shape index (κ3) is 3.19. The molecule has 16 heavy (non-hydrogen) atoms. The van der Waals surface area contributed by atoms with E-state index >= 15 is 0 Å². The molecule has 2 rings (SSSR count). The van der Waals surface area contributed by atoms with Crippen molar-refractivity contribution in [2.45, 2.75) is 39.2 Å². The van der Waals surface area contributed by atoms with Crippen LogP contribution in [0.2, 0.25) is 0 Å². The van der Waals surface area contributed by atoms with Gasteiger partial charge in [-0.1, -0.05) is 6.92 Å². The molecule has 0 aromatic rings.